The van der Waals surface area contributed by atoms with Gasteiger partial charge in [-0.1, -0.05) is 12.1 Å². The van der Waals surface area contributed by atoms with E-state index in [0.29, 0.717) is 6.42 Å². The van der Waals surface area contributed by atoms with Gasteiger partial charge >= 0.3 is 5.69 Å². The maximum Gasteiger partial charge on any atom is 0.311 e. The van der Waals surface area contributed by atoms with Crippen molar-refractivity contribution in [1.29, 1.82) is 0 Å². The predicted octanol–water partition coefficient (Wildman–Crippen LogP) is 1.66. The summed E-state index contributed by atoms with van der Waals surface area (Å²) in [5, 5.41) is 19.3. The lowest BCUT2D eigenvalue weighted by molar-refractivity contribution is -0.385. The fourth-order valence-corrected chi connectivity index (χ4v) is 1.21. The molecule has 5 nitrogen and oxygen atoms in total. The average Bonchev–Trinajstić information content (AvgIpc) is 2.20. The molecule has 0 fully saturated rings. The van der Waals surface area contributed by atoms with Crippen molar-refractivity contribution in [1.82, 2.24) is 0 Å². The SMILES string of the molecule is Cc1cccc([N+](=O)[O-])c1OCCCO. The number of para-hydroxylation sites is 1. The van der Waals surface area contributed by atoms with Gasteiger partial charge < -0.3 is 9.84 Å². The third kappa shape index (κ3) is 2.92. The first-order chi connectivity index (χ1) is 7.16. The Morgan fingerprint density at radius 1 is 1.53 bits per heavy atom. The minimum Gasteiger partial charge on any atom is -0.487 e. The van der Waals surface area contributed by atoms with Crippen LogP contribution in [0.15, 0.2) is 18.2 Å². The first-order valence-electron chi connectivity index (χ1n) is 4.64. The molecule has 1 aromatic carbocycles. The number of aliphatic hydroxyl groups is 1. The molecule has 0 radical (unpaired) electrons. The molecular formula is C10H13NO4. The monoisotopic (exact) mass is 211 g/mol. The Morgan fingerprint density at radius 3 is 2.87 bits per heavy atom. The molecule has 0 saturated carbocycles. The lowest BCUT2D eigenvalue weighted by atomic mass is 10.2. The Labute approximate surface area is 87.5 Å². The molecule has 1 N–H and O–H groups in total. The zero-order valence-corrected chi connectivity index (χ0v) is 8.47. The van der Waals surface area contributed by atoms with Crippen LogP contribution in [0.4, 0.5) is 5.69 Å². The third-order valence-electron chi connectivity index (χ3n) is 1.94. The summed E-state index contributed by atoms with van der Waals surface area (Å²) < 4.78 is 5.27. The lowest BCUT2D eigenvalue weighted by Gasteiger charge is -2.08. The van der Waals surface area contributed by atoms with Crippen LogP contribution >= 0.6 is 0 Å². The highest BCUT2D eigenvalue weighted by molar-refractivity contribution is 5.51. The van der Waals surface area contributed by atoms with Crippen LogP contribution in [-0.4, -0.2) is 23.2 Å². The predicted molar refractivity (Wildman–Crippen MR) is 55.0 cm³/mol. The first-order valence-corrected chi connectivity index (χ1v) is 4.64. The van der Waals surface area contributed by atoms with Crippen molar-refractivity contribution in [3.63, 3.8) is 0 Å². The van der Waals surface area contributed by atoms with Gasteiger partial charge in [0.2, 0.25) is 0 Å². The molecule has 0 bridgehead atoms. The van der Waals surface area contributed by atoms with Crippen molar-refractivity contribution in [2.24, 2.45) is 0 Å². The fraction of sp³-hybridized carbons (Fsp3) is 0.400. The quantitative estimate of drug-likeness (QED) is 0.456. The summed E-state index contributed by atoms with van der Waals surface area (Å²) in [6, 6.07) is 4.77. The van der Waals surface area contributed by atoms with Crippen molar-refractivity contribution in [3.8, 4) is 5.75 Å². The molecule has 0 aromatic heterocycles. The molecule has 0 spiro atoms. The number of aliphatic hydroxyl groups excluding tert-OH is 1. The molecule has 0 aliphatic heterocycles. The molecule has 1 aromatic rings. The molecule has 0 aliphatic rings. The van der Waals surface area contributed by atoms with Crippen LogP contribution in [0.2, 0.25) is 0 Å². The molecule has 1 rings (SSSR count). The van der Waals surface area contributed by atoms with Gasteiger partial charge in [0.05, 0.1) is 11.5 Å². The number of nitro benzene ring substituents is 1. The van der Waals surface area contributed by atoms with Gasteiger partial charge in [0.25, 0.3) is 0 Å². The minimum absolute atomic E-state index is 0.0136. The summed E-state index contributed by atoms with van der Waals surface area (Å²) in [5.74, 6) is 0.288. The van der Waals surface area contributed by atoms with Crippen molar-refractivity contribution in [3.05, 3.63) is 33.9 Å². The van der Waals surface area contributed by atoms with Gasteiger partial charge in [-0.2, -0.15) is 0 Å². The van der Waals surface area contributed by atoms with Crippen molar-refractivity contribution >= 4 is 5.69 Å². The topological polar surface area (TPSA) is 72.6 Å². The Bertz CT molecular complexity index is 351. The van der Waals surface area contributed by atoms with Crippen LogP contribution in [0.1, 0.15) is 12.0 Å². The summed E-state index contributed by atoms with van der Waals surface area (Å²) >= 11 is 0. The van der Waals surface area contributed by atoms with Crippen LogP contribution in [0.3, 0.4) is 0 Å². The summed E-state index contributed by atoms with van der Waals surface area (Å²) in [6.45, 7) is 2.04. The Kier molecular flexibility index (Phi) is 4.05. The maximum absolute atomic E-state index is 10.7. The van der Waals surface area contributed by atoms with Crippen molar-refractivity contribution in [2.75, 3.05) is 13.2 Å². The number of hydrogen-bond acceptors (Lipinski definition) is 4. The highest BCUT2D eigenvalue weighted by Gasteiger charge is 2.16. The molecule has 15 heavy (non-hydrogen) atoms. The summed E-state index contributed by atoms with van der Waals surface area (Å²) in [7, 11) is 0. The van der Waals surface area contributed by atoms with E-state index in [1.54, 1.807) is 19.1 Å². The number of hydrogen-bond donors (Lipinski definition) is 1. The molecule has 5 heteroatoms. The molecule has 0 aliphatic carbocycles. The number of nitro groups is 1. The van der Waals surface area contributed by atoms with Crippen LogP contribution in [0.5, 0.6) is 5.75 Å². The zero-order valence-electron chi connectivity index (χ0n) is 8.47. The standard InChI is InChI=1S/C10H13NO4/c1-8-4-2-5-9(11(13)14)10(8)15-7-3-6-12/h2,4-5,12H,3,6-7H2,1H3. The number of ether oxygens (including phenoxy) is 1. The first kappa shape index (κ1) is 11.5. The Balaban J connectivity index is 2.87. The van der Waals surface area contributed by atoms with Gasteiger partial charge in [-0.15, -0.1) is 0 Å². The van der Waals surface area contributed by atoms with Crippen molar-refractivity contribution < 1.29 is 14.8 Å². The third-order valence-corrected chi connectivity index (χ3v) is 1.94. The van der Waals surface area contributed by atoms with E-state index in [4.69, 9.17) is 9.84 Å². The average molecular weight is 211 g/mol. The summed E-state index contributed by atoms with van der Waals surface area (Å²) in [4.78, 5) is 10.2. The number of benzene rings is 1. The second-order valence-corrected chi connectivity index (χ2v) is 3.11. The van der Waals surface area contributed by atoms with Gasteiger partial charge in [0.15, 0.2) is 5.75 Å². The molecule has 0 saturated heterocycles. The van der Waals surface area contributed by atoms with E-state index in [-0.39, 0.29) is 24.7 Å². The lowest BCUT2D eigenvalue weighted by Crippen LogP contribution is -2.03. The molecule has 0 atom stereocenters. The molecule has 0 amide bonds. The largest absolute Gasteiger partial charge is 0.487 e. The van der Waals surface area contributed by atoms with Gasteiger partial charge in [0.1, 0.15) is 0 Å². The second kappa shape index (κ2) is 5.31. The number of aryl methyl sites for hydroxylation is 1. The van der Waals surface area contributed by atoms with Gasteiger partial charge in [-0.3, -0.25) is 10.1 Å². The number of nitrogens with zero attached hydrogens (tertiary/aromatic N) is 1. The van der Waals surface area contributed by atoms with E-state index >= 15 is 0 Å². The van der Waals surface area contributed by atoms with E-state index in [1.807, 2.05) is 0 Å². The zero-order chi connectivity index (χ0) is 11.3. The Hall–Kier alpha value is -1.62. The normalized spacial score (nSPS) is 10.0. The van der Waals surface area contributed by atoms with Gasteiger partial charge in [-0.25, -0.2) is 0 Å². The van der Waals surface area contributed by atoms with Gasteiger partial charge in [-0.05, 0) is 12.5 Å². The smallest absolute Gasteiger partial charge is 0.311 e. The van der Waals surface area contributed by atoms with Crippen LogP contribution in [-0.2, 0) is 0 Å². The highest BCUT2D eigenvalue weighted by atomic mass is 16.6. The van der Waals surface area contributed by atoms with Crippen molar-refractivity contribution in [2.45, 2.75) is 13.3 Å². The van der Waals surface area contributed by atoms with Crippen LogP contribution in [0.25, 0.3) is 0 Å². The summed E-state index contributed by atoms with van der Waals surface area (Å²) in [5.41, 5.74) is 0.690. The van der Waals surface area contributed by atoms with Crippen LogP contribution in [0, 0.1) is 17.0 Å². The van der Waals surface area contributed by atoms with Crippen LogP contribution < -0.4 is 4.74 Å². The van der Waals surface area contributed by atoms with E-state index in [9.17, 15) is 10.1 Å². The second-order valence-electron chi connectivity index (χ2n) is 3.11. The van der Waals surface area contributed by atoms with E-state index in [1.165, 1.54) is 6.07 Å². The molecule has 0 heterocycles. The highest BCUT2D eigenvalue weighted by Crippen LogP contribution is 2.30. The minimum atomic E-state index is -0.471. The number of rotatable bonds is 5. The summed E-state index contributed by atoms with van der Waals surface area (Å²) in [6.07, 6.45) is 0.464. The molecular weight excluding hydrogens is 198 g/mol. The van der Waals surface area contributed by atoms with E-state index < -0.39 is 4.92 Å². The maximum atomic E-state index is 10.7. The Morgan fingerprint density at radius 2 is 2.27 bits per heavy atom. The van der Waals surface area contributed by atoms with E-state index in [2.05, 4.69) is 0 Å². The molecule has 0 unspecified atom stereocenters. The molecule has 82 valence electrons. The van der Waals surface area contributed by atoms with Gasteiger partial charge in [0, 0.05) is 19.1 Å². The fourth-order valence-electron chi connectivity index (χ4n) is 1.21. The van der Waals surface area contributed by atoms with E-state index in [0.717, 1.165) is 5.56 Å².